The minimum Gasteiger partial charge on any atom is -0.497 e. The monoisotopic (exact) mass is 366 g/mol. The third kappa shape index (κ3) is 3.43. The smallest absolute Gasteiger partial charge is 0.339 e. The van der Waals surface area contributed by atoms with Crippen molar-refractivity contribution in [1.29, 1.82) is 5.26 Å². The molecule has 8 nitrogen and oxygen atoms in total. The van der Waals surface area contributed by atoms with Crippen LogP contribution in [0.3, 0.4) is 0 Å². The van der Waals surface area contributed by atoms with E-state index in [1.807, 2.05) is 0 Å². The van der Waals surface area contributed by atoms with Crippen molar-refractivity contribution in [1.82, 2.24) is 4.57 Å². The van der Waals surface area contributed by atoms with Crippen molar-refractivity contribution in [3.8, 4) is 11.8 Å². The summed E-state index contributed by atoms with van der Waals surface area (Å²) in [5.41, 5.74) is -0.524. The van der Waals surface area contributed by atoms with Crippen LogP contribution in [0.1, 0.15) is 21.5 Å². The van der Waals surface area contributed by atoms with Gasteiger partial charge < -0.3 is 18.5 Å². The first-order valence-corrected chi connectivity index (χ1v) is 7.80. The fraction of sp³-hybridized carbons (Fsp3) is 0.158. The van der Waals surface area contributed by atoms with Crippen LogP contribution in [0.4, 0.5) is 0 Å². The summed E-state index contributed by atoms with van der Waals surface area (Å²) in [5.74, 6) is -0.165. The zero-order chi connectivity index (χ0) is 19.6. The van der Waals surface area contributed by atoms with E-state index in [2.05, 4.69) is 4.74 Å². The molecule has 3 rings (SSSR count). The molecule has 2 aromatic heterocycles. The van der Waals surface area contributed by atoms with E-state index in [4.69, 9.17) is 14.4 Å². The summed E-state index contributed by atoms with van der Waals surface area (Å²) in [5, 5.41) is 9.77. The van der Waals surface area contributed by atoms with Gasteiger partial charge in [-0.1, -0.05) is 0 Å². The lowest BCUT2D eigenvalue weighted by molar-refractivity contribution is 0.0599. The van der Waals surface area contributed by atoms with Crippen LogP contribution in [0.2, 0.25) is 0 Å². The first-order chi connectivity index (χ1) is 13.0. The Morgan fingerprint density at radius 3 is 2.67 bits per heavy atom. The van der Waals surface area contributed by atoms with E-state index in [1.54, 1.807) is 24.3 Å². The zero-order valence-corrected chi connectivity index (χ0v) is 14.5. The highest BCUT2D eigenvalue weighted by Gasteiger charge is 2.14. The van der Waals surface area contributed by atoms with Crippen molar-refractivity contribution < 1.29 is 18.7 Å². The molecule has 8 heteroatoms. The Bertz CT molecular complexity index is 1200. The topological polar surface area (TPSA) is 112 Å². The summed E-state index contributed by atoms with van der Waals surface area (Å²) < 4.78 is 16.1. The second kappa shape index (κ2) is 7.17. The number of carbonyl (C=O) groups excluding carboxylic acids is 1. The van der Waals surface area contributed by atoms with E-state index in [0.29, 0.717) is 22.3 Å². The van der Waals surface area contributed by atoms with E-state index in [9.17, 15) is 14.4 Å². The van der Waals surface area contributed by atoms with Crippen LogP contribution in [0, 0.1) is 11.3 Å². The average Bonchev–Trinajstić information content (AvgIpc) is 2.68. The largest absolute Gasteiger partial charge is 0.497 e. The highest BCUT2D eigenvalue weighted by atomic mass is 16.5. The number of pyridine rings is 1. The average molecular weight is 366 g/mol. The number of rotatable bonds is 4. The van der Waals surface area contributed by atoms with Gasteiger partial charge in [0, 0.05) is 23.7 Å². The molecule has 0 N–H and O–H groups in total. The van der Waals surface area contributed by atoms with Gasteiger partial charge in [-0.3, -0.25) is 4.79 Å². The van der Waals surface area contributed by atoms with E-state index < -0.39 is 17.2 Å². The number of hydrogen-bond donors (Lipinski definition) is 0. The van der Waals surface area contributed by atoms with Crippen LogP contribution in [0.25, 0.3) is 11.0 Å². The molecule has 0 spiro atoms. The number of carbonyl (C=O) groups is 1. The van der Waals surface area contributed by atoms with Gasteiger partial charge in [0.2, 0.25) is 0 Å². The SMILES string of the molecule is COC(=O)c1cc(C#N)c(=O)n(Cc2cc(=O)oc3cc(OC)ccc23)c1. The molecule has 27 heavy (non-hydrogen) atoms. The number of methoxy groups -OCH3 is 2. The number of nitriles is 1. The van der Waals surface area contributed by atoms with Gasteiger partial charge in [-0.2, -0.15) is 5.26 Å². The maximum Gasteiger partial charge on any atom is 0.339 e. The lowest BCUT2D eigenvalue weighted by Crippen LogP contribution is -2.25. The quantitative estimate of drug-likeness (QED) is 0.510. The molecule has 0 saturated carbocycles. The van der Waals surface area contributed by atoms with Crippen LogP contribution < -0.4 is 15.9 Å². The molecule has 0 bridgehead atoms. The van der Waals surface area contributed by atoms with E-state index in [1.165, 1.54) is 37.1 Å². The first kappa shape index (κ1) is 17.9. The molecular formula is C19H14N2O6. The van der Waals surface area contributed by atoms with Crippen LogP contribution in [-0.2, 0) is 11.3 Å². The number of benzene rings is 1. The highest BCUT2D eigenvalue weighted by molar-refractivity contribution is 5.89. The Morgan fingerprint density at radius 1 is 1.22 bits per heavy atom. The molecular weight excluding hydrogens is 352 g/mol. The Balaban J connectivity index is 2.18. The van der Waals surface area contributed by atoms with Gasteiger partial charge in [0.25, 0.3) is 5.56 Å². The summed E-state index contributed by atoms with van der Waals surface area (Å²) in [6.45, 7) is -0.0349. The Kier molecular flexibility index (Phi) is 4.77. The van der Waals surface area contributed by atoms with Crippen LogP contribution in [0.5, 0.6) is 5.75 Å². The van der Waals surface area contributed by atoms with Crippen molar-refractivity contribution in [2.24, 2.45) is 0 Å². The van der Waals surface area contributed by atoms with Gasteiger partial charge in [0.05, 0.1) is 26.3 Å². The molecule has 0 atom stereocenters. The van der Waals surface area contributed by atoms with Crippen molar-refractivity contribution in [2.75, 3.05) is 14.2 Å². The van der Waals surface area contributed by atoms with Crippen molar-refractivity contribution in [3.05, 3.63) is 74.0 Å². The summed E-state index contributed by atoms with van der Waals surface area (Å²) in [6, 6.07) is 9.16. The number of esters is 1. The van der Waals surface area contributed by atoms with Gasteiger partial charge >= 0.3 is 11.6 Å². The molecule has 0 amide bonds. The van der Waals surface area contributed by atoms with Crippen molar-refractivity contribution >= 4 is 16.9 Å². The van der Waals surface area contributed by atoms with E-state index >= 15 is 0 Å². The second-order valence-electron chi connectivity index (χ2n) is 5.63. The maximum absolute atomic E-state index is 12.5. The molecule has 0 unspecified atom stereocenters. The van der Waals surface area contributed by atoms with Crippen molar-refractivity contribution in [2.45, 2.75) is 6.54 Å². The lowest BCUT2D eigenvalue weighted by atomic mass is 10.1. The van der Waals surface area contributed by atoms with Gasteiger partial charge in [0.15, 0.2) is 0 Å². The third-order valence-electron chi connectivity index (χ3n) is 4.01. The minimum absolute atomic E-state index is 0.0349. The molecule has 0 aliphatic carbocycles. The standard InChI is InChI=1S/C19H14N2O6/c1-25-14-3-4-15-12(6-17(22)27-16(15)7-14)9-21-10-13(19(24)26-2)5-11(8-20)18(21)23/h3-7,10H,9H2,1-2H3. The Morgan fingerprint density at radius 2 is 2.00 bits per heavy atom. The second-order valence-corrected chi connectivity index (χ2v) is 5.63. The van der Waals surface area contributed by atoms with Crippen LogP contribution in [0.15, 0.2) is 50.5 Å². The predicted octanol–water partition coefficient (Wildman–Crippen LogP) is 1.67. The number of ether oxygens (including phenoxy) is 2. The molecule has 0 saturated heterocycles. The van der Waals surface area contributed by atoms with E-state index in [0.717, 1.165) is 0 Å². The van der Waals surface area contributed by atoms with Gasteiger partial charge in [-0.25, -0.2) is 9.59 Å². The molecule has 136 valence electrons. The third-order valence-corrected chi connectivity index (χ3v) is 4.01. The number of fused-ring (bicyclic) bond motifs is 1. The molecule has 0 aliphatic rings. The minimum atomic E-state index is -0.678. The molecule has 1 aromatic carbocycles. The zero-order valence-electron chi connectivity index (χ0n) is 14.5. The van der Waals surface area contributed by atoms with Crippen LogP contribution in [-0.4, -0.2) is 24.8 Å². The molecule has 0 fully saturated rings. The summed E-state index contributed by atoms with van der Waals surface area (Å²) in [6.07, 6.45) is 1.29. The number of hydrogen-bond acceptors (Lipinski definition) is 7. The number of aromatic nitrogens is 1. The van der Waals surface area contributed by atoms with E-state index in [-0.39, 0.29) is 17.7 Å². The fourth-order valence-electron chi connectivity index (χ4n) is 2.71. The van der Waals surface area contributed by atoms with Gasteiger partial charge in [-0.15, -0.1) is 0 Å². The van der Waals surface area contributed by atoms with Crippen LogP contribution >= 0.6 is 0 Å². The molecule has 0 radical (unpaired) electrons. The first-order valence-electron chi connectivity index (χ1n) is 7.80. The van der Waals surface area contributed by atoms with Gasteiger partial charge in [0.1, 0.15) is 23.0 Å². The summed E-state index contributed by atoms with van der Waals surface area (Å²) in [4.78, 5) is 36.2. The molecule has 0 aliphatic heterocycles. The maximum atomic E-state index is 12.5. The summed E-state index contributed by atoms with van der Waals surface area (Å²) in [7, 11) is 2.69. The van der Waals surface area contributed by atoms with Crippen molar-refractivity contribution in [3.63, 3.8) is 0 Å². The fourth-order valence-corrected chi connectivity index (χ4v) is 2.71. The molecule has 3 aromatic rings. The highest BCUT2D eigenvalue weighted by Crippen LogP contribution is 2.23. The Labute approximate surface area is 152 Å². The predicted molar refractivity (Wildman–Crippen MR) is 94.9 cm³/mol. The Hall–Kier alpha value is -3.86. The normalized spacial score (nSPS) is 10.4. The summed E-state index contributed by atoms with van der Waals surface area (Å²) >= 11 is 0. The lowest BCUT2D eigenvalue weighted by Gasteiger charge is -2.11. The molecule has 2 heterocycles. The van der Waals surface area contributed by atoms with Gasteiger partial charge in [-0.05, 0) is 23.8 Å². The number of nitrogens with zero attached hydrogens (tertiary/aromatic N) is 2.